The van der Waals surface area contributed by atoms with Crippen LogP contribution < -0.4 is 5.32 Å². The van der Waals surface area contributed by atoms with Crippen molar-refractivity contribution in [3.8, 4) is 0 Å². The van der Waals surface area contributed by atoms with E-state index in [1.807, 2.05) is 4.90 Å². The molecule has 0 aromatic rings. The van der Waals surface area contributed by atoms with Crippen LogP contribution in [-0.4, -0.2) is 43.2 Å². The maximum Gasteiger partial charge on any atom is 0.239 e. The maximum atomic E-state index is 12.4. The smallest absolute Gasteiger partial charge is 0.239 e. The molecule has 0 aromatic carbocycles. The third-order valence-electron chi connectivity index (χ3n) is 3.17. The zero-order valence-corrected chi connectivity index (χ0v) is 8.34. The van der Waals surface area contributed by atoms with Crippen LogP contribution >= 0.6 is 0 Å². The summed E-state index contributed by atoms with van der Waals surface area (Å²) in [6.45, 7) is 2.01. The second kappa shape index (κ2) is 4.26. The number of alkyl halides is 1. The minimum atomic E-state index is -0.290. The first kappa shape index (κ1) is 9.90. The van der Waals surface area contributed by atoms with E-state index in [-0.39, 0.29) is 24.5 Å². The molecule has 1 amide bonds. The van der Waals surface area contributed by atoms with E-state index in [0.29, 0.717) is 6.54 Å². The molecule has 2 fully saturated rings. The molecule has 1 N–H and O–H groups in total. The highest BCUT2D eigenvalue weighted by molar-refractivity contribution is 5.82. The van der Waals surface area contributed by atoms with Crippen molar-refractivity contribution >= 4 is 5.91 Å². The summed E-state index contributed by atoms with van der Waals surface area (Å²) < 4.78 is 12.4. The van der Waals surface area contributed by atoms with Crippen LogP contribution in [0.5, 0.6) is 0 Å². The monoisotopic (exact) mass is 200 g/mol. The molecule has 0 spiro atoms. The van der Waals surface area contributed by atoms with Crippen LogP contribution in [0.25, 0.3) is 0 Å². The number of hydrogen-bond donors (Lipinski definition) is 1. The molecule has 2 saturated heterocycles. The van der Waals surface area contributed by atoms with Crippen molar-refractivity contribution in [1.29, 1.82) is 0 Å². The van der Waals surface area contributed by atoms with Crippen LogP contribution in [0.3, 0.4) is 0 Å². The van der Waals surface area contributed by atoms with Gasteiger partial charge in [-0.25, -0.2) is 0 Å². The van der Waals surface area contributed by atoms with Gasteiger partial charge in [0, 0.05) is 19.0 Å². The number of carbonyl (C=O) groups excluding carboxylic acids is 1. The number of rotatable bonds is 2. The average Bonchev–Trinajstić information content (AvgIpc) is 2.88. The summed E-state index contributed by atoms with van der Waals surface area (Å²) in [5, 5.41) is 3.18. The Morgan fingerprint density at radius 1 is 1.50 bits per heavy atom. The highest BCUT2D eigenvalue weighted by Crippen LogP contribution is 2.19. The summed E-state index contributed by atoms with van der Waals surface area (Å²) in [6.07, 6.45) is 2.85. The first-order valence-electron chi connectivity index (χ1n) is 5.39. The summed E-state index contributed by atoms with van der Waals surface area (Å²) in [4.78, 5) is 13.7. The lowest BCUT2D eigenvalue weighted by Gasteiger charge is -2.20. The fraction of sp³-hybridized carbons (Fsp3) is 0.900. The Hall–Kier alpha value is -0.640. The van der Waals surface area contributed by atoms with Crippen molar-refractivity contribution in [3.63, 3.8) is 0 Å². The topological polar surface area (TPSA) is 32.3 Å². The third-order valence-corrected chi connectivity index (χ3v) is 3.17. The highest BCUT2D eigenvalue weighted by atomic mass is 19.1. The number of nitrogens with zero attached hydrogens (tertiary/aromatic N) is 1. The molecule has 2 rings (SSSR count). The molecule has 2 atom stereocenters. The molecule has 2 heterocycles. The van der Waals surface area contributed by atoms with Gasteiger partial charge in [0.15, 0.2) is 0 Å². The Kier molecular flexibility index (Phi) is 3.01. The number of amides is 1. The van der Waals surface area contributed by atoms with Gasteiger partial charge in [0.2, 0.25) is 5.91 Å². The molecule has 0 radical (unpaired) electrons. The Balaban J connectivity index is 1.86. The molecular weight excluding hydrogens is 183 g/mol. The molecule has 0 saturated carbocycles. The van der Waals surface area contributed by atoms with Gasteiger partial charge in [0.05, 0.1) is 12.7 Å². The van der Waals surface area contributed by atoms with Crippen molar-refractivity contribution in [2.45, 2.75) is 25.3 Å². The Bertz CT molecular complexity index is 216. The molecule has 2 unspecified atom stereocenters. The van der Waals surface area contributed by atoms with Crippen LogP contribution in [0, 0.1) is 5.92 Å². The fourth-order valence-corrected chi connectivity index (χ4v) is 2.27. The van der Waals surface area contributed by atoms with Gasteiger partial charge in [0.1, 0.15) is 0 Å². The molecule has 0 bridgehead atoms. The van der Waals surface area contributed by atoms with E-state index in [2.05, 4.69) is 5.32 Å². The van der Waals surface area contributed by atoms with Crippen LogP contribution in [0.2, 0.25) is 0 Å². The lowest BCUT2D eigenvalue weighted by molar-refractivity contribution is -0.132. The summed E-state index contributed by atoms with van der Waals surface area (Å²) in [5.74, 6) is 0.263. The Morgan fingerprint density at radius 3 is 2.93 bits per heavy atom. The summed E-state index contributed by atoms with van der Waals surface area (Å²) in [6, 6.07) is 0.00774. The number of halogens is 1. The normalized spacial score (nSPS) is 32.5. The maximum absolute atomic E-state index is 12.4. The molecule has 2 aliphatic rings. The zero-order chi connectivity index (χ0) is 9.97. The van der Waals surface area contributed by atoms with Gasteiger partial charge in [-0.15, -0.1) is 0 Å². The fourth-order valence-electron chi connectivity index (χ4n) is 2.27. The van der Waals surface area contributed by atoms with Gasteiger partial charge in [-0.1, -0.05) is 0 Å². The average molecular weight is 200 g/mol. The van der Waals surface area contributed by atoms with E-state index in [0.717, 1.165) is 32.4 Å². The van der Waals surface area contributed by atoms with E-state index in [1.165, 1.54) is 0 Å². The SMILES string of the molecule is O=C(C1CCCN1)N1CCC(CF)C1. The highest BCUT2D eigenvalue weighted by Gasteiger charge is 2.31. The van der Waals surface area contributed by atoms with Gasteiger partial charge in [-0.3, -0.25) is 9.18 Å². The summed E-state index contributed by atoms with van der Waals surface area (Å²) in [5.41, 5.74) is 0. The second-order valence-electron chi connectivity index (χ2n) is 4.24. The first-order chi connectivity index (χ1) is 6.81. The summed E-state index contributed by atoms with van der Waals surface area (Å²) in [7, 11) is 0. The van der Waals surface area contributed by atoms with Gasteiger partial charge in [-0.05, 0) is 25.8 Å². The standard InChI is InChI=1S/C10H17FN2O/c11-6-8-3-5-13(7-8)10(14)9-2-1-4-12-9/h8-9,12H,1-7H2. The van der Waals surface area contributed by atoms with Gasteiger partial charge >= 0.3 is 0 Å². The molecule has 0 aromatic heterocycles. The van der Waals surface area contributed by atoms with Crippen molar-refractivity contribution in [2.75, 3.05) is 26.3 Å². The van der Waals surface area contributed by atoms with Crippen LogP contribution in [0.1, 0.15) is 19.3 Å². The number of nitrogens with one attached hydrogen (secondary N) is 1. The van der Waals surface area contributed by atoms with E-state index in [4.69, 9.17) is 0 Å². The van der Waals surface area contributed by atoms with Gasteiger partial charge < -0.3 is 10.2 Å². The van der Waals surface area contributed by atoms with Gasteiger partial charge in [-0.2, -0.15) is 0 Å². The lowest BCUT2D eigenvalue weighted by atomic mass is 10.1. The van der Waals surface area contributed by atoms with E-state index >= 15 is 0 Å². The Labute approximate surface area is 83.6 Å². The predicted molar refractivity (Wildman–Crippen MR) is 51.7 cm³/mol. The number of likely N-dealkylation sites (tertiary alicyclic amines) is 1. The van der Waals surface area contributed by atoms with E-state index < -0.39 is 0 Å². The molecule has 0 aliphatic carbocycles. The first-order valence-corrected chi connectivity index (χ1v) is 5.39. The zero-order valence-electron chi connectivity index (χ0n) is 8.34. The second-order valence-corrected chi connectivity index (χ2v) is 4.24. The third kappa shape index (κ3) is 1.90. The van der Waals surface area contributed by atoms with Crippen LogP contribution in [0.4, 0.5) is 4.39 Å². The predicted octanol–water partition coefficient (Wildman–Crippen LogP) is 0.556. The van der Waals surface area contributed by atoms with Crippen LogP contribution in [-0.2, 0) is 4.79 Å². The van der Waals surface area contributed by atoms with E-state index in [1.54, 1.807) is 0 Å². The van der Waals surface area contributed by atoms with E-state index in [9.17, 15) is 9.18 Å². The molecule has 80 valence electrons. The van der Waals surface area contributed by atoms with Crippen molar-refractivity contribution in [3.05, 3.63) is 0 Å². The van der Waals surface area contributed by atoms with Crippen LogP contribution in [0.15, 0.2) is 0 Å². The van der Waals surface area contributed by atoms with Gasteiger partial charge in [0.25, 0.3) is 0 Å². The summed E-state index contributed by atoms with van der Waals surface area (Å²) >= 11 is 0. The number of carbonyl (C=O) groups is 1. The minimum Gasteiger partial charge on any atom is -0.341 e. The van der Waals surface area contributed by atoms with Crippen molar-refractivity contribution < 1.29 is 9.18 Å². The molecule has 4 heteroatoms. The molecule has 2 aliphatic heterocycles. The lowest BCUT2D eigenvalue weighted by Crippen LogP contribution is -2.42. The molecule has 3 nitrogen and oxygen atoms in total. The van der Waals surface area contributed by atoms with Crippen molar-refractivity contribution in [2.24, 2.45) is 5.92 Å². The Morgan fingerprint density at radius 2 is 2.36 bits per heavy atom. The quantitative estimate of drug-likeness (QED) is 0.706. The minimum absolute atomic E-state index is 0.00774. The largest absolute Gasteiger partial charge is 0.341 e. The molecule has 14 heavy (non-hydrogen) atoms. The number of hydrogen-bond acceptors (Lipinski definition) is 2. The molecular formula is C10H17FN2O. The van der Waals surface area contributed by atoms with Crippen molar-refractivity contribution in [1.82, 2.24) is 10.2 Å².